The summed E-state index contributed by atoms with van der Waals surface area (Å²) in [7, 11) is 1.83. The maximum atomic E-state index is 12.7. The Kier molecular flexibility index (Phi) is 4.83. The van der Waals surface area contributed by atoms with Gasteiger partial charge in [0.2, 0.25) is 11.6 Å². The lowest BCUT2D eigenvalue weighted by Gasteiger charge is -2.15. The summed E-state index contributed by atoms with van der Waals surface area (Å²) in [6.07, 6.45) is 8.61. The minimum absolute atomic E-state index is 0.0363. The molecule has 1 aliphatic rings. The van der Waals surface area contributed by atoms with Crippen LogP contribution in [0, 0.1) is 6.92 Å². The van der Waals surface area contributed by atoms with Crippen molar-refractivity contribution in [3.05, 3.63) is 52.1 Å². The van der Waals surface area contributed by atoms with E-state index in [-0.39, 0.29) is 11.6 Å². The maximum absolute atomic E-state index is 12.7. The van der Waals surface area contributed by atoms with E-state index in [0.29, 0.717) is 11.4 Å². The smallest absolute Gasteiger partial charge is 0.291 e. The Morgan fingerprint density at radius 2 is 1.91 bits per heavy atom. The average Bonchev–Trinajstić information content (AvgIpc) is 2.73. The zero-order valence-corrected chi connectivity index (χ0v) is 13.8. The predicted octanol–water partition coefficient (Wildman–Crippen LogP) is 2.03. The van der Waals surface area contributed by atoms with Gasteiger partial charge < -0.3 is 5.32 Å². The molecule has 0 saturated carbocycles. The van der Waals surface area contributed by atoms with Crippen LogP contribution in [0.3, 0.4) is 0 Å². The van der Waals surface area contributed by atoms with Crippen LogP contribution in [0.4, 0.5) is 5.69 Å². The number of anilines is 1. The van der Waals surface area contributed by atoms with Crippen molar-refractivity contribution in [2.24, 2.45) is 7.05 Å². The van der Waals surface area contributed by atoms with Crippen molar-refractivity contribution in [3.8, 4) is 0 Å². The molecule has 0 amide bonds. The number of hydrogen-bond donors (Lipinski definition) is 1. The Morgan fingerprint density at radius 1 is 1.22 bits per heavy atom. The van der Waals surface area contributed by atoms with Crippen LogP contribution >= 0.6 is 0 Å². The topological polar surface area (TPSA) is 73.1 Å². The molecule has 1 aliphatic carbocycles. The Morgan fingerprint density at radius 3 is 2.48 bits per heavy atom. The van der Waals surface area contributed by atoms with Crippen molar-refractivity contribution in [1.29, 1.82) is 0 Å². The third-order valence-corrected chi connectivity index (χ3v) is 3.95. The Bertz CT molecular complexity index is 791. The SMILES string of the molecule is C/C=C\C(CC)n1c(=O)c(NC2=CC(=O)C(=O)C=C2)c(C)n1C. The van der Waals surface area contributed by atoms with Crippen LogP contribution < -0.4 is 10.9 Å². The highest BCUT2D eigenvalue weighted by Crippen LogP contribution is 2.19. The van der Waals surface area contributed by atoms with E-state index in [9.17, 15) is 14.4 Å². The van der Waals surface area contributed by atoms with E-state index < -0.39 is 11.6 Å². The molecular formula is C17H21N3O3. The molecule has 0 aliphatic heterocycles. The molecule has 1 unspecified atom stereocenters. The summed E-state index contributed by atoms with van der Waals surface area (Å²) >= 11 is 0. The van der Waals surface area contributed by atoms with Gasteiger partial charge in [-0.15, -0.1) is 0 Å². The summed E-state index contributed by atoms with van der Waals surface area (Å²) in [5.74, 6) is -1.15. The number of allylic oxidation sites excluding steroid dienone is 5. The lowest BCUT2D eigenvalue weighted by molar-refractivity contribution is -0.131. The molecule has 6 nitrogen and oxygen atoms in total. The van der Waals surface area contributed by atoms with E-state index >= 15 is 0 Å². The molecule has 0 radical (unpaired) electrons. The molecule has 1 atom stereocenters. The normalized spacial score (nSPS) is 16.1. The van der Waals surface area contributed by atoms with Gasteiger partial charge in [-0.1, -0.05) is 19.1 Å². The summed E-state index contributed by atoms with van der Waals surface area (Å²) < 4.78 is 3.48. The minimum Gasteiger partial charge on any atom is -0.349 e. The molecule has 0 saturated heterocycles. The fourth-order valence-corrected chi connectivity index (χ4v) is 2.59. The van der Waals surface area contributed by atoms with Gasteiger partial charge in [-0.2, -0.15) is 0 Å². The van der Waals surface area contributed by atoms with Gasteiger partial charge in [0.25, 0.3) is 5.56 Å². The molecule has 1 aromatic rings. The largest absolute Gasteiger partial charge is 0.349 e. The first-order chi connectivity index (χ1) is 10.9. The third-order valence-electron chi connectivity index (χ3n) is 3.95. The van der Waals surface area contributed by atoms with Crippen LogP contribution in [-0.2, 0) is 16.6 Å². The van der Waals surface area contributed by atoms with Crippen LogP contribution in [0.25, 0.3) is 0 Å². The van der Waals surface area contributed by atoms with Crippen LogP contribution in [0.15, 0.2) is 40.9 Å². The van der Waals surface area contributed by atoms with Crippen molar-refractivity contribution in [2.75, 3.05) is 5.32 Å². The lowest BCUT2D eigenvalue weighted by atomic mass is 10.1. The summed E-state index contributed by atoms with van der Waals surface area (Å²) in [6, 6.07) is -0.0363. The van der Waals surface area contributed by atoms with Crippen LogP contribution in [-0.4, -0.2) is 20.9 Å². The van der Waals surface area contributed by atoms with E-state index in [0.717, 1.165) is 12.1 Å². The monoisotopic (exact) mass is 315 g/mol. The molecule has 2 rings (SSSR count). The lowest BCUT2D eigenvalue weighted by Crippen LogP contribution is -2.26. The van der Waals surface area contributed by atoms with E-state index in [1.54, 1.807) is 9.36 Å². The number of nitrogens with one attached hydrogen (secondary N) is 1. The summed E-state index contributed by atoms with van der Waals surface area (Å²) in [5.41, 5.74) is 1.45. The summed E-state index contributed by atoms with van der Waals surface area (Å²) in [4.78, 5) is 35.4. The zero-order chi connectivity index (χ0) is 17.1. The molecule has 0 bridgehead atoms. The maximum Gasteiger partial charge on any atom is 0.291 e. The van der Waals surface area contributed by atoms with E-state index in [4.69, 9.17) is 0 Å². The van der Waals surface area contributed by atoms with Gasteiger partial charge in [0.1, 0.15) is 5.69 Å². The molecule has 1 heterocycles. The fourth-order valence-electron chi connectivity index (χ4n) is 2.59. The number of aromatic nitrogens is 2. The first kappa shape index (κ1) is 16.7. The van der Waals surface area contributed by atoms with Gasteiger partial charge in [-0.25, -0.2) is 4.68 Å². The predicted molar refractivity (Wildman–Crippen MR) is 89.4 cm³/mol. The number of carbonyl (C=O) groups is 2. The Hall–Kier alpha value is -2.63. The molecule has 0 fully saturated rings. The van der Waals surface area contributed by atoms with E-state index in [1.807, 2.05) is 40.0 Å². The molecular weight excluding hydrogens is 294 g/mol. The van der Waals surface area contributed by atoms with Gasteiger partial charge in [0, 0.05) is 18.8 Å². The molecule has 0 aromatic carbocycles. The Balaban J connectivity index is 2.44. The number of carbonyl (C=O) groups excluding carboxylic acids is 2. The van der Waals surface area contributed by atoms with Crippen LogP contribution in [0.5, 0.6) is 0 Å². The van der Waals surface area contributed by atoms with Crippen molar-refractivity contribution < 1.29 is 9.59 Å². The van der Waals surface area contributed by atoms with Crippen molar-refractivity contribution >= 4 is 17.3 Å². The second-order valence-corrected chi connectivity index (χ2v) is 5.42. The number of rotatable bonds is 5. The van der Waals surface area contributed by atoms with Gasteiger partial charge in [0.15, 0.2) is 0 Å². The molecule has 0 spiro atoms. The average molecular weight is 315 g/mol. The van der Waals surface area contributed by atoms with Crippen LogP contribution in [0.2, 0.25) is 0 Å². The summed E-state index contributed by atoms with van der Waals surface area (Å²) in [6.45, 7) is 5.77. The second-order valence-electron chi connectivity index (χ2n) is 5.42. The first-order valence-electron chi connectivity index (χ1n) is 7.56. The van der Waals surface area contributed by atoms with E-state index in [2.05, 4.69) is 5.32 Å². The van der Waals surface area contributed by atoms with Gasteiger partial charge in [-0.05, 0) is 32.4 Å². The van der Waals surface area contributed by atoms with Crippen molar-refractivity contribution in [2.45, 2.75) is 33.2 Å². The van der Waals surface area contributed by atoms with E-state index in [1.165, 1.54) is 18.2 Å². The highest BCUT2D eigenvalue weighted by Gasteiger charge is 2.21. The standard InChI is InChI=1S/C17H21N3O3/c1-5-7-13(6-2)20-17(23)16(11(3)19(20)4)18-12-8-9-14(21)15(22)10-12/h5,7-10,13,18H,6H2,1-4H3/b7-5-. The molecule has 23 heavy (non-hydrogen) atoms. The Labute approximate surface area is 134 Å². The quantitative estimate of drug-likeness (QED) is 0.512. The minimum atomic E-state index is -0.593. The molecule has 1 aromatic heterocycles. The van der Waals surface area contributed by atoms with Crippen molar-refractivity contribution in [3.63, 3.8) is 0 Å². The highest BCUT2D eigenvalue weighted by atomic mass is 16.2. The van der Waals surface area contributed by atoms with Crippen molar-refractivity contribution in [1.82, 2.24) is 9.36 Å². The zero-order valence-electron chi connectivity index (χ0n) is 13.8. The summed E-state index contributed by atoms with van der Waals surface area (Å²) in [5, 5.41) is 2.97. The van der Waals surface area contributed by atoms with Crippen LogP contribution in [0.1, 0.15) is 32.0 Å². The van der Waals surface area contributed by atoms with Gasteiger partial charge in [0.05, 0.1) is 11.7 Å². The molecule has 1 N–H and O–H groups in total. The first-order valence-corrected chi connectivity index (χ1v) is 7.56. The second kappa shape index (κ2) is 6.64. The van der Waals surface area contributed by atoms with Gasteiger partial charge in [-0.3, -0.25) is 19.1 Å². The van der Waals surface area contributed by atoms with Gasteiger partial charge >= 0.3 is 0 Å². The number of ketones is 2. The number of hydrogen-bond acceptors (Lipinski definition) is 4. The third kappa shape index (κ3) is 3.11. The molecule has 122 valence electrons. The fraction of sp³-hybridized carbons (Fsp3) is 0.353. The number of nitrogens with zero attached hydrogens (tertiary/aromatic N) is 2. The highest BCUT2D eigenvalue weighted by molar-refractivity contribution is 6.46. The molecule has 6 heteroatoms.